The summed E-state index contributed by atoms with van der Waals surface area (Å²) in [5.41, 5.74) is 4.56. The Bertz CT molecular complexity index is 1390. The SMILES string of the molecule is Cc1ccc(C)c(N2C(=O)C(Cl)=C(Nc3ccc(C(=O)Oc4cc(C)c(Cl)c(C)c4)cc3)C2=O)c1. The summed E-state index contributed by atoms with van der Waals surface area (Å²) in [6.45, 7) is 7.37. The van der Waals surface area contributed by atoms with Crippen LogP contribution in [-0.4, -0.2) is 17.8 Å². The monoisotopic (exact) mass is 508 g/mol. The van der Waals surface area contributed by atoms with Crippen LogP contribution in [0.2, 0.25) is 5.02 Å². The van der Waals surface area contributed by atoms with Gasteiger partial charge in [0.2, 0.25) is 0 Å². The van der Waals surface area contributed by atoms with Crippen LogP contribution in [0.4, 0.5) is 11.4 Å². The topological polar surface area (TPSA) is 75.7 Å². The van der Waals surface area contributed by atoms with Gasteiger partial charge in [-0.15, -0.1) is 0 Å². The van der Waals surface area contributed by atoms with E-state index in [4.69, 9.17) is 27.9 Å². The van der Waals surface area contributed by atoms with E-state index in [0.29, 0.717) is 27.7 Å². The van der Waals surface area contributed by atoms with Crippen LogP contribution >= 0.6 is 23.2 Å². The van der Waals surface area contributed by atoms with Crippen molar-refractivity contribution in [3.8, 4) is 5.75 Å². The molecule has 0 aliphatic carbocycles. The van der Waals surface area contributed by atoms with E-state index in [1.807, 2.05) is 39.8 Å². The fourth-order valence-corrected chi connectivity index (χ4v) is 4.08. The Morgan fingerprint density at radius 2 is 1.46 bits per heavy atom. The highest BCUT2D eigenvalue weighted by Gasteiger charge is 2.39. The molecule has 0 unspecified atom stereocenters. The normalized spacial score (nSPS) is 13.5. The predicted octanol–water partition coefficient (Wildman–Crippen LogP) is 6.23. The molecule has 2 amide bonds. The van der Waals surface area contributed by atoms with Crippen LogP contribution in [0.1, 0.15) is 32.6 Å². The maximum atomic E-state index is 13.1. The molecule has 0 saturated carbocycles. The van der Waals surface area contributed by atoms with Gasteiger partial charge in [-0.25, -0.2) is 9.69 Å². The smallest absolute Gasteiger partial charge is 0.343 e. The van der Waals surface area contributed by atoms with Gasteiger partial charge in [0.15, 0.2) is 0 Å². The molecule has 35 heavy (non-hydrogen) atoms. The molecule has 4 rings (SSSR count). The molecule has 1 N–H and O–H groups in total. The van der Waals surface area contributed by atoms with Gasteiger partial charge in [0.05, 0.1) is 11.3 Å². The highest BCUT2D eigenvalue weighted by atomic mass is 35.5. The molecule has 8 heteroatoms. The molecule has 1 aliphatic heterocycles. The molecule has 178 valence electrons. The molecule has 0 bridgehead atoms. The Hall–Kier alpha value is -3.61. The van der Waals surface area contributed by atoms with Gasteiger partial charge in [0.25, 0.3) is 11.8 Å². The van der Waals surface area contributed by atoms with E-state index in [1.165, 1.54) is 0 Å². The molecular formula is C27H22Cl2N2O4. The minimum atomic E-state index is -0.596. The van der Waals surface area contributed by atoms with E-state index in [2.05, 4.69) is 5.32 Å². The van der Waals surface area contributed by atoms with Crippen molar-refractivity contribution in [2.24, 2.45) is 0 Å². The maximum Gasteiger partial charge on any atom is 0.343 e. The van der Waals surface area contributed by atoms with Gasteiger partial charge < -0.3 is 10.1 Å². The molecule has 0 saturated heterocycles. The van der Waals surface area contributed by atoms with Crippen LogP contribution < -0.4 is 15.0 Å². The summed E-state index contributed by atoms with van der Waals surface area (Å²) in [6, 6.07) is 15.2. The van der Waals surface area contributed by atoms with Gasteiger partial charge in [-0.2, -0.15) is 0 Å². The Morgan fingerprint density at radius 1 is 0.829 bits per heavy atom. The molecule has 0 spiro atoms. The van der Waals surface area contributed by atoms with Gasteiger partial charge in [-0.05, 0) is 92.4 Å². The third-order valence-corrected chi connectivity index (χ3v) is 6.59. The summed E-state index contributed by atoms with van der Waals surface area (Å²) >= 11 is 12.4. The summed E-state index contributed by atoms with van der Waals surface area (Å²) in [5, 5.41) is 3.34. The number of ether oxygens (including phenoxy) is 1. The van der Waals surface area contributed by atoms with E-state index in [-0.39, 0.29) is 10.7 Å². The number of hydrogen-bond acceptors (Lipinski definition) is 5. The molecule has 0 radical (unpaired) electrons. The van der Waals surface area contributed by atoms with Crippen LogP contribution in [0.5, 0.6) is 5.75 Å². The molecule has 6 nitrogen and oxygen atoms in total. The van der Waals surface area contributed by atoms with Crippen molar-refractivity contribution in [3.63, 3.8) is 0 Å². The number of amides is 2. The zero-order valence-corrected chi connectivity index (χ0v) is 21.0. The Morgan fingerprint density at radius 3 is 2.09 bits per heavy atom. The van der Waals surface area contributed by atoms with E-state index >= 15 is 0 Å². The van der Waals surface area contributed by atoms with Crippen molar-refractivity contribution < 1.29 is 19.1 Å². The maximum absolute atomic E-state index is 13.1. The first-order valence-electron chi connectivity index (χ1n) is 10.8. The molecule has 1 heterocycles. The second-order valence-corrected chi connectivity index (χ2v) is 9.14. The third-order valence-electron chi connectivity index (χ3n) is 5.64. The van der Waals surface area contributed by atoms with Crippen LogP contribution in [0.25, 0.3) is 0 Å². The Balaban J connectivity index is 1.50. The molecule has 0 fully saturated rings. The van der Waals surface area contributed by atoms with E-state index in [1.54, 1.807) is 42.5 Å². The summed E-state index contributed by atoms with van der Waals surface area (Å²) in [7, 11) is 0. The second-order valence-electron chi connectivity index (χ2n) is 8.39. The van der Waals surface area contributed by atoms with Crippen molar-refractivity contribution >= 4 is 52.4 Å². The molecule has 3 aromatic carbocycles. The van der Waals surface area contributed by atoms with E-state index < -0.39 is 17.8 Å². The number of imide groups is 1. The lowest BCUT2D eigenvalue weighted by Gasteiger charge is -2.18. The fraction of sp³-hybridized carbons (Fsp3) is 0.148. The zero-order valence-electron chi connectivity index (χ0n) is 19.5. The lowest BCUT2D eigenvalue weighted by molar-refractivity contribution is -0.120. The molecule has 0 aromatic heterocycles. The first-order chi connectivity index (χ1) is 16.6. The summed E-state index contributed by atoms with van der Waals surface area (Å²) in [6.07, 6.45) is 0. The number of benzene rings is 3. The molecule has 3 aromatic rings. The van der Waals surface area contributed by atoms with Crippen LogP contribution in [0.3, 0.4) is 0 Å². The van der Waals surface area contributed by atoms with Crippen molar-refractivity contribution in [1.29, 1.82) is 0 Å². The quantitative estimate of drug-likeness (QED) is 0.251. The average molecular weight is 509 g/mol. The lowest BCUT2D eigenvalue weighted by atomic mass is 10.1. The van der Waals surface area contributed by atoms with Crippen LogP contribution in [0, 0.1) is 27.7 Å². The van der Waals surface area contributed by atoms with Gasteiger partial charge in [0.1, 0.15) is 16.5 Å². The number of esters is 1. The van der Waals surface area contributed by atoms with Crippen molar-refractivity contribution in [2.45, 2.75) is 27.7 Å². The van der Waals surface area contributed by atoms with E-state index in [0.717, 1.165) is 27.2 Å². The standard InChI is InChI=1S/C27H22Cl2N2O4/c1-14-5-6-15(2)21(11-14)31-25(32)23(29)24(26(31)33)30-19-9-7-18(8-10-19)27(34)35-20-12-16(3)22(28)17(4)13-20/h5-13,30H,1-4H3. The predicted molar refractivity (Wildman–Crippen MR) is 137 cm³/mol. The fourth-order valence-electron chi connectivity index (χ4n) is 3.76. The number of aryl methyl sites for hydroxylation is 4. The summed E-state index contributed by atoms with van der Waals surface area (Å²) in [5.74, 6) is -1.29. The van der Waals surface area contributed by atoms with Crippen LogP contribution in [-0.2, 0) is 9.59 Å². The first-order valence-corrected chi connectivity index (χ1v) is 11.5. The lowest BCUT2D eigenvalue weighted by Crippen LogP contribution is -2.32. The molecular weight excluding hydrogens is 487 g/mol. The number of carbonyl (C=O) groups excluding carboxylic acids is 3. The highest BCUT2D eigenvalue weighted by molar-refractivity contribution is 6.53. The number of anilines is 2. The van der Waals surface area contributed by atoms with Crippen molar-refractivity contribution in [1.82, 2.24) is 0 Å². The Kier molecular flexibility index (Phi) is 6.70. The first kappa shape index (κ1) is 24.5. The average Bonchev–Trinajstić information content (AvgIpc) is 3.02. The zero-order chi connectivity index (χ0) is 25.4. The highest BCUT2D eigenvalue weighted by Crippen LogP contribution is 2.32. The third kappa shape index (κ3) is 4.81. The van der Waals surface area contributed by atoms with Gasteiger partial charge in [-0.3, -0.25) is 9.59 Å². The number of rotatable bonds is 5. The summed E-state index contributed by atoms with van der Waals surface area (Å²) < 4.78 is 5.47. The molecule has 0 atom stereocenters. The van der Waals surface area contributed by atoms with Gasteiger partial charge in [0, 0.05) is 10.7 Å². The van der Waals surface area contributed by atoms with E-state index in [9.17, 15) is 14.4 Å². The largest absolute Gasteiger partial charge is 0.423 e. The number of carbonyl (C=O) groups is 3. The number of nitrogens with one attached hydrogen (secondary N) is 1. The van der Waals surface area contributed by atoms with Gasteiger partial charge in [-0.1, -0.05) is 35.3 Å². The number of hydrogen-bond donors (Lipinski definition) is 1. The number of nitrogens with zero attached hydrogens (tertiary/aromatic N) is 1. The number of halogens is 2. The Labute approximate surface area is 213 Å². The van der Waals surface area contributed by atoms with Crippen molar-refractivity contribution in [3.05, 3.63) is 98.2 Å². The van der Waals surface area contributed by atoms with Crippen molar-refractivity contribution in [2.75, 3.05) is 10.2 Å². The molecule has 1 aliphatic rings. The minimum Gasteiger partial charge on any atom is -0.423 e. The second kappa shape index (κ2) is 9.56. The van der Waals surface area contributed by atoms with Gasteiger partial charge >= 0.3 is 5.97 Å². The van der Waals surface area contributed by atoms with Crippen LogP contribution in [0.15, 0.2) is 65.3 Å². The summed E-state index contributed by atoms with van der Waals surface area (Å²) in [4.78, 5) is 39.5. The minimum absolute atomic E-state index is 0.0278.